The number of carbonyl (C=O) groups excluding carboxylic acids is 1. The molecule has 0 spiro atoms. The van der Waals surface area contributed by atoms with Crippen LogP contribution in [0.2, 0.25) is 0 Å². The number of hydrogen-bond acceptors (Lipinski definition) is 4. The number of fused-ring (bicyclic) bond motifs is 3. The van der Waals surface area contributed by atoms with Gasteiger partial charge in [-0.3, -0.25) is 4.79 Å². The Kier molecular flexibility index (Phi) is 4.63. The van der Waals surface area contributed by atoms with E-state index in [0.29, 0.717) is 27.4 Å². The van der Waals surface area contributed by atoms with Crippen molar-refractivity contribution in [3.8, 4) is 10.4 Å². The van der Waals surface area contributed by atoms with Crippen molar-refractivity contribution in [3.05, 3.63) is 75.2 Å². The molecule has 0 aliphatic carbocycles. The van der Waals surface area contributed by atoms with Crippen LogP contribution in [-0.4, -0.2) is 14.3 Å². The summed E-state index contributed by atoms with van der Waals surface area (Å²) >= 11 is 1.36. The van der Waals surface area contributed by atoms with Crippen LogP contribution in [0.15, 0.2) is 47.4 Å². The molecule has 1 aliphatic rings. The van der Waals surface area contributed by atoms with E-state index in [2.05, 4.69) is 5.32 Å². The minimum atomic E-state index is -3.39. The molecule has 2 aromatic carbocycles. The average Bonchev–Trinajstić information content (AvgIpc) is 3.04. The van der Waals surface area contributed by atoms with E-state index in [1.807, 2.05) is 51.1 Å². The summed E-state index contributed by atoms with van der Waals surface area (Å²) in [7, 11) is -3.39. The van der Waals surface area contributed by atoms with Gasteiger partial charge in [-0.15, -0.1) is 11.3 Å². The van der Waals surface area contributed by atoms with E-state index in [9.17, 15) is 13.2 Å². The van der Waals surface area contributed by atoms with Crippen LogP contribution in [0.25, 0.3) is 10.4 Å². The second-order valence-corrected chi connectivity index (χ2v) is 10.3. The first kappa shape index (κ1) is 18.9. The lowest BCUT2D eigenvalue weighted by Crippen LogP contribution is -2.21. The first-order valence-corrected chi connectivity index (χ1v) is 11.5. The molecule has 4 nitrogen and oxygen atoms in total. The Balaban J connectivity index is 1.66. The maximum absolute atomic E-state index is 12.7. The van der Waals surface area contributed by atoms with Crippen molar-refractivity contribution in [2.45, 2.75) is 38.0 Å². The molecule has 1 amide bonds. The molecule has 0 unspecified atom stereocenters. The zero-order chi connectivity index (χ0) is 20.1. The van der Waals surface area contributed by atoms with Gasteiger partial charge in [0.05, 0.1) is 15.5 Å². The summed E-state index contributed by atoms with van der Waals surface area (Å²) in [6.07, 6.45) is 0. The van der Waals surface area contributed by atoms with Crippen LogP contribution >= 0.6 is 11.3 Å². The number of hydrogen-bond donors (Lipinski definition) is 1. The first-order valence-electron chi connectivity index (χ1n) is 9.05. The van der Waals surface area contributed by atoms with Gasteiger partial charge < -0.3 is 5.32 Å². The number of amides is 1. The molecule has 0 atom stereocenters. The van der Waals surface area contributed by atoms with Crippen molar-refractivity contribution in [2.24, 2.45) is 0 Å². The van der Waals surface area contributed by atoms with Gasteiger partial charge in [-0.2, -0.15) is 0 Å². The summed E-state index contributed by atoms with van der Waals surface area (Å²) < 4.78 is 25.5. The summed E-state index contributed by atoms with van der Waals surface area (Å²) in [6, 6.07) is 13.4. The number of benzene rings is 2. The molecule has 0 radical (unpaired) electrons. The lowest BCUT2D eigenvalue weighted by atomic mass is 10.0. The molecule has 1 N–H and O–H groups in total. The number of carbonyl (C=O) groups is 1. The van der Waals surface area contributed by atoms with E-state index in [-0.39, 0.29) is 11.7 Å². The second kappa shape index (κ2) is 6.87. The standard InChI is InChI=1S/C22H21NO3S2/c1-13-5-4-6-16(7-13)11-23-22(24)19-10-17-12-28(25,26)20-9-15(3)14(2)8-18(20)21(17)27-19/h4-10H,11-12H2,1-3H3,(H,23,24). The van der Waals surface area contributed by atoms with Crippen LogP contribution < -0.4 is 5.32 Å². The van der Waals surface area contributed by atoms with Crippen LogP contribution in [-0.2, 0) is 22.1 Å². The number of rotatable bonds is 3. The topological polar surface area (TPSA) is 63.2 Å². The molecule has 0 bridgehead atoms. The van der Waals surface area contributed by atoms with Gasteiger partial charge in [0.25, 0.3) is 5.91 Å². The Morgan fingerprint density at radius 3 is 2.57 bits per heavy atom. The zero-order valence-corrected chi connectivity index (χ0v) is 17.6. The van der Waals surface area contributed by atoms with Crippen LogP contribution in [0.4, 0.5) is 0 Å². The highest BCUT2D eigenvalue weighted by Gasteiger charge is 2.31. The fraction of sp³-hybridized carbons (Fsp3) is 0.227. The molecule has 0 saturated carbocycles. The molecule has 6 heteroatoms. The Morgan fingerprint density at radius 1 is 1.07 bits per heavy atom. The quantitative estimate of drug-likeness (QED) is 0.687. The highest BCUT2D eigenvalue weighted by molar-refractivity contribution is 7.91. The predicted molar refractivity (Wildman–Crippen MR) is 112 cm³/mol. The largest absolute Gasteiger partial charge is 0.347 e. The summed E-state index contributed by atoms with van der Waals surface area (Å²) in [6.45, 7) is 6.34. The van der Waals surface area contributed by atoms with E-state index in [1.54, 1.807) is 12.1 Å². The highest BCUT2D eigenvalue weighted by Crippen LogP contribution is 2.43. The monoisotopic (exact) mass is 411 g/mol. The minimum Gasteiger partial charge on any atom is -0.347 e. The summed E-state index contributed by atoms with van der Waals surface area (Å²) in [4.78, 5) is 14.5. The van der Waals surface area contributed by atoms with E-state index < -0.39 is 9.84 Å². The fourth-order valence-corrected chi connectivity index (χ4v) is 6.40. The normalized spacial score (nSPS) is 14.2. The SMILES string of the molecule is Cc1cccc(CNC(=O)c2cc3c(s2)-c2cc(C)c(C)cc2S(=O)(=O)C3)c1. The third-order valence-corrected chi connectivity index (χ3v) is 8.00. The maximum Gasteiger partial charge on any atom is 0.261 e. The van der Waals surface area contributed by atoms with E-state index in [4.69, 9.17) is 0 Å². The molecule has 4 rings (SSSR count). The molecular formula is C22H21NO3S2. The van der Waals surface area contributed by atoms with Gasteiger partial charge in [0.1, 0.15) is 0 Å². The summed E-state index contributed by atoms with van der Waals surface area (Å²) in [5.74, 6) is -0.233. The third kappa shape index (κ3) is 3.38. The van der Waals surface area contributed by atoms with Crippen molar-refractivity contribution in [2.75, 3.05) is 0 Å². The number of thiophene rings is 1. The van der Waals surface area contributed by atoms with Crippen LogP contribution in [0, 0.1) is 20.8 Å². The molecule has 2 heterocycles. The molecular weight excluding hydrogens is 390 g/mol. The van der Waals surface area contributed by atoms with Crippen LogP contribution in [0.5, 0.6) is 0 Å². The number of aryl methyl sites for hydroxylation is 3. The van der Waals surface area contributed by atoms with Gasteiger partial charge in [-0.1, -0.05) is 29.8 Å². The Hall–Kier alpha value is -2.44. The average molecular weight is 412 g/mol. The lowest BCUT2D eigenvalue weighted by molar-refractivity contribution is 0.0955. The fourth-order valence-electron chi connectivity index (χ4n) is 3.47. The molecule has 1 aliphatic heterocycles. The Labute approximate surface area is 169 Å². The second-order valence-electron chi connectivity index (χ2n) is 7.33. The molecule has 28 heavy (non-hydrogen) atoms. The summed E-state index contributed by atoms with van der Waals surface area (Å²) in [5, 5.41) is 2.94. The number of sulfone groups is 1. The maximum atomic E-state index is 12.7. The van der Waals surface area contributed by atoms with Crippen LogP contribution in [0.1, 0.15) is 37.5 Å². The smallest absolute Gasteiger partial charge is 0.261 e. The van der Waals surface area contributed by atoms with Crippen LogP contribution in [0.3, 0.4) is 0 Å². The Bertz CT molecular complexity index is 1210. The van der Waals surface area contributed by atoms with Crippen molar-refractivity contribution >= 4 is 27.1 Å². The first-order chi connectivity index (χ1) is 13.2. The van der Waals surface area contributed by atoms with Gasteiger partial charge >= 0.3 is 0 Å². The van der Waals surface area contributed by atoms with E-state index >= 15 is 0 Å². The predicted octanol–water partition coefficient (Wildman–Crippen LogP) is 4.56. The zero-order valence-electron chi connectivity index (χ0n) is 16.0. The molecule has 0 saturated heterocycles. The van der Waals surface area contributed by atoms with Crippen molar-refractivity contribution in [1.82, 2.24) is 5.32 Å². The molecule has 3 aromatic rings. The minimum absolute atomic E-state index is 0.0561. The van der Waals surface area contributed by atoms with E-state index in [1.165, 1.54) is 11.3 Å². The summed E-state index contributed by atoms with van der Waals surface area (Å²) in [5.41, 5.74) is 5.60. The van der Waals surface area contributed by atoms with Crippen molar-refractivity contribution in [1.29, 1.82) is 0 Å². The molecule has 144 valence electrons. The van der Waals surface area contributed by atoms with Gasteiger partial charge in [-0.25, -0.2) is 8.42 Å². The lowest BCUT2D eigenvalue weighted by Gasteiger charge is -2.18. The van der Waals surface area contributed by atoms with E-state index in [0.717, 1.165) is 27.1 Å². The van der Waals surface area contributed by atoms with Crippen molar-refractivity contribution in [3.63, 3.8) is 0 Å². The molecule has 1 aromatic heterocycles. The third-order valence-electron chi connectivity index (χ3n) is 5.09. The van der Waals surface area contributed by atoms with Gasteiger partial charge in [-0.05, 0) is 61.2 Å². The van der Waals surface area contributed by atoms with Crippen molar-refractivity contribution < 1.29 is 13.2 Å². The van der Waals surface area contributed by atoms with Gasteiger partial charge in [0, 0.05) is 17.0 Å². The van der Waals surface area contributed by atoms with Gasteiger partial charge in [0.15, 0.2) is 9.84 Å². The molecule has 0 fully saturated rings. The van der Waals surface area contributed by atoms with Gasteiger partial charge in [0.2, 0.25) is 0 Å². The highest BCUT2D eigenvalue weighted by atomic mass is 32.2. The number of nitrogens with one attached hydrogen (secondary N) is 1. The Morgan fingerprint density at radius 2 is 1.82 bits per heavy atom.